The SMILES string of the molecule is O=C1C=CC(=O)C(C(=O)c2ccccc2-c2ccccc2)=C1. The molecule has 2 aromatic rings. The van der Waals surface area contributed by atoms with E-state index in [4.69, 9.17) is 0 Å². The highest BCUT2D eigenvalue weighted by atomic mass is 16.2. The minimum Gasteiger partial charge on any atom is -0.290 e. The van der Waals surface area contributed by atoms with Crippen LogP contribution in [0.5, 0.6) is 0 Å². The molecular weight excluding hydrogens is 276 g/mol. The average Bonchev–Trinajstić information content (AvgIpc) is 2.57. The molecule has 3 nitrogen and oxygen atoms in total. The van der Waals surface area contributed by atoms with Gasteiger partial charge in [0.15, 0.2) is 17.3 Å². The molecule has 0 atom stereocenters. The van der Waals surface area contributed by atoms with E-state index < -0.39 is 11.6 Å². The monoisotopic (exact) mass is 288 g/mol. The number of benzene rings is 2. The van der Waals surface area contributed by atoms with E-state index in [1.165, 1.54) is 6.08 Å². The van der Waals surface area contributed by atoms with E-state index in [0.717, 1.165) is 23.3 Å². The zero-order valence-electron chi connectivity index (χ0n) is 11.7. The molecule has 1 aliphatic carbocycles. The van der Waals surface area contributed by atoms with Crippen LogP contribution in [0.3, 0.4) is 0 Å². The molecule has 0 heterocycles. The van der Waals surface area contributed by atoms with Gasteiger partial charge in [0.05, 0.1) is 5.57 Å². The lowest BCUT2D eigenvalue weighted by molar-refractivity contribution is -0.114. The van der Waals surface area contributed by atoms with Gasteiger partial charge >= 0.3 is 0 Å². The van der Waals surface area contributed by atoms with Crippen LogP contribution in [-0.2, 0) is 9.59 Å². The summed E-state index contributed by atoms with van der Waals surface area (Å²) in [6.07, 6.45) is 3.41. The van der Waals surface area contributed by atoms with Gasteiger partial charge in [0.25, 0.3) is 0 Å². The molecule has 0 unspecified atom stereocenters. The standard InChI is InChI=1S/C19H12O3/c20-14-10-11-18(21)17(12-14)19(22)16-9-5-4-8-15(16)13-6-2-1-3-7-13/h1-12H. The second-order valence-corrected chi connectivity index (χ2v) is 4.90. The van der Waals surface area contributed by atoms with Crippen LogP contribution in [-0.4, -0.2) is 17.3 Å². The maximum atomic E-state index is 12.7. The van der Waals surface area contributed by atoms with E-state index in [2.05, 4.69) is 0 Å². The van der Waals surface area contributed by atoms with Crippen molar-refractivity contribution in [2.75, 3.05) is 0 Å². The molecule has 0 aliphatic heterocycles. The number of carbonyl (C=O) groups excluding carboxylic acids is 3. The van der Waals surface area contributed by atoms with Crippen molar-refractivity contribution >= 4 is 17.3 Å². The largest absolute Gasteiger partial charge is 0.290 e. The van der Waals surface area contributed by atoms with Crippen molar-refractivity contribution in [3.63, 3.8) is 0 Å². The quantitative estimate of drug-likeness (QED) is 0.495. The number of rotatable bonds is 3. The lowest BCUT2D eigenvalue weighted by Gasteiger charge is -2.11. The molecule has 0 saturated heterocycles. The molecule has 2 aromatic carbocycles. The summed E-state index contributed by atoms with van der Waals surface area (Å²) in [5.41, 5.74) is 1.95. The first-order chi connectivity index (χ1) is 10.7. The van der Waals surface area contributed by atoms with Crippen molar-refractivity contribution in [2.45, 2.75) is 0 Å². The summed E-state index contributed by atoms with van der Waals surface area (Å²) in [6.45, 7) is 0. The van der Waals surface area contributed by atoms with Gasteiger partial charge in [-0.15, -0.1) is 0 Å². The predicted octanol–water partition coefficient (Wildman–Crippen LogP) is 3.17. The molecule has 0 aromatic heterocycles. The Morgan fingerprint density at radius 3 is 2.23 bits per heavy atom. The fourth-order valence-corrected chi connectivity index (χ4v) is 2.38. The second-order valence-electron chi connectivity index (χ2n) is 4.90. The molecule has 0 spiro atoms. The van der Waals surface area contributed by atoms with Crippen LogP contribution < -0.4 is 0 Å². The lowest BCUT2D eigenvalue weighted by atomic mass is 9.90. The van der Waals surface area contributed by atoms with E-state index in [0.29, 0.717) is 5.56 Å². The summed E-state index contributed by atoms with van der Waals surface area (Å²) in [4.78, 5) is 36.0. The summed E-state index contributed by atoms with van der Waals surface area (Å²) in [5.74, 6) is -1.21. The average molecular weight is 288 g/mol. The van der Waals surface area contributed by atoms with Gasteiger partial charge in [-0.3, -0.25) is 14.4 Å². The highest BCUT2D eigenvalue weighted by Gasteiger charge is 2.23. The summed E-state index contributed by atoms with van der Waals surface area (Å²) >= 11 is 0. The third-order valence-electron chi connectivity index (χ3n) is 3.45. The zero-order valence-corrected chi connectivity index (χ0v) is 11.7. The van der Waals surface area contributed by atoms with E-state index in [1.54, 1.807) is 12.1 Å². The van der Waals surface area contributed by atoms with Crippen molar-refractivity contribution < 1.29 is 14.4 Å². The van der Waals surface area contributed by atoms with Gasteiger partial charge in [-0.25, -0.2) is 0 Å². The van der Waals surface area contributed by atoms with Gasteiger partial charge in [-0.05, 0) is 23.3 Å². The Kier molecular flexibility index (Phi) is 3.62. The molecule has 0 bridgehead atoms. The molecule has 22 heavy (non-hydrogen) atoms. The first-order valence-electron chi connectivity index (χ1n) is 6.84. The maximum Gasteiger partial charge on any atom is 0.197 e. The summed E-state index contributed by atoms with van der Waals surface area (Å²) in [6, 6.07) is 16.5. The minimum absolute atomic E-state index is 0.0871. The van der Waals surface area contributed by atoms with Gasteiger partial charge in [0.1, 0.15) is 0 Å². The fourth-order valence-electron chi connectivity index (χ4n) is 2.38. The summed E-state index contributed by atoms with van der Waals surface area (Å²) in [7, 11) is 0. The van der Waals surface area contributed by atoms with Crippen molar-refractivity contribution in [3.05, 3.63) is 84.0 Å². The fraction of sp³-hybridized carbons (Fsp3) is 0. The Morgan fingerprint density at radius 2 is 1.45 bits per heavy atom. The number of hydrogen-bond acceptors (Lipinski definition) is 3. The Bertz CT molecular complexity index is 827. The zero-order chi connectivity index (χ0) is 15.5. The number of hydrogen-bond donors (Lipinski definition) is 0. The van der Waals surface area contributed by atoms with Crippen LogP contribution in [0.25, 0.3) is 11.1 Å². The normalized spacial score (nSPS) is 13.9. The van der Waals surface area contributed by atoms with Crippen LogP contribution in [0, 0.1) is 0 Å². The van der Waals surface area contributed by atoms with Crippen LogP contribution in [0.15, 0.2) is 78.4 Å². The molecule has 3 heteroatoms. The molecule has 3 rings (SSSR count). The Hall–Kier alpha value is -3.07. The van der Waals surface area contributed by atoms with E-state index in [1.807, 2.05) is 42.5 Å². The molecular formula is C19H12O3. The molecule has 0 amide bonds. The minimum atomic E-state index is -0.438. The molecule has 0 saturated carbocycles. The van der Waals surface area contributed by atoms with E-state index >= 15 is 0 Å². The molecule has 1 aliphatic rings. The number of Topliss-reactive ketones (excluding diaryl/α,β-unsaturated/α-hetero) is 1. The molecule has 106 valence electrons. The highest BCUT2D eigenvalue weighted by Crippen LogP contribution is 2.26. The van der Waals surface area contributed by atoms with Gasteiger partial charge in [-0.1, -0.05) is 54.6 Å². The van der Waals surface area contributed by atoms with Crippen molar-refractivity contribution in [3.8, 4) is 11.1 Å². The van der Waals surface area contributed by atoms with E-state index in [9.17, 15) is 14.4 Å². The Morgan fingerprint density at radius 1 is 0.773 bits per heavy atom. The highest BCUT2D eigenvalue weighted by molar-refractivity contribution is 6.35. The van der Waals surface area contributed by atoms with Crippen LogP contribution in [0.1, 0.15) is 10.4 Å². The smallest absolute Gasteiger partial charge is 0.197 e. The van der Waals surface area contributed by atoms with Gasteiger partial charge < -0.3 is 0 Å². The second kappa shape index (κ2) is 5.74. The van der Waals surface area contributed by atoms with Crippen LogP contribution >= 0.6 is 0 Å². The third kappa shape index (κ3) is 2.56. The Balaban J connectivity index is 2.08. The summed E-state index contributed by atoms with van der Waals surface area (Å²) < 4.78 is 0. The molecule has 0 fully saturated rings. The maximum absolute atomic E-state index is 12.7. The van der Waals surface area contributed by atoms with Gasteiger partial charge in [-0.2, -0.15) is 0 Å². The van der Waals surface area contributed by atoms with Gasteiger partial charge in [0.2, 0.25) is 0 Å². The van der Waals surface area contributed by atoms with Crippen molar-refractivity contribution in [1.82, 2.24) is 0 Å². The first-order valence-corrected chi connectivity index (χ1v) is 6.84. The van der Waals surface area contributed by atoms with E-state index in [-0.39, 0.29) is 11.4 Å². The molecule has 0 radical (unpaired) electrons. The predicted molar refractivity (Wildman–Crippen MR) is 83.4 cm³/mol. The number of carbonyl (C=O) groups is 3. The molecule has 0 N–H and O–H groups in total. The van der Waals surface area contributed by atoms with Gasteiger partial charge in [0, 0.05) is 11.6 Å². The third-order valence-corrected chi connectivity index (χ3v) is 3.45. The number of allylic oxidation sites excluding steroid dienone is 4. The first kappa shape index (κ1) is 13.9. The number of ketones is 3. The van der Waals surface area contributed by atoms with Crippen LogP contribution in [0.2, 0.25) is 0 Å². The van der Waals surface area contributed by atoms with Crippen molar-refractivity contribution in [2.24, 2.45) is 0 Å². The summed E-state index contributed by atoms with van der Waals surface area (Å²) in [5, 5.41) is 0. The van der Waals surface area contributed by atoms with Crippen LogP contribution in [0.4, 0.5) is 0 Å². The Labute approximate surface area is 127 Å². The lowest BCUT2D eigenvalue weighted by Crippen LogP contribution is -2.17. The topological polar surface area (TPSA) is 51.2 Å². The van der Waals surface area contributed by atoms with Crippen molar-refractivity contribution in [1.29, 1.82) is 0 Å².